The van der Waals surface area contributed by atoms with Crippen LogP contribution in [-0.4, -0.2) is 21.5 Å². The molecule has 7 heteroatoms. The highest BCUT2D eigenvalue weighted by Gasteiger charge is 2.42. The van der Waals surface area contributed by atoms with Crippen LogP contribution in [0.1, 0.15) is 57.1 Å². The summed E-state index contributed by atoms with van der Waals surface area (Å²) < 4.78 is 13.6. The Balaban J connectivity index is 1.89. The summed E-state index contributed by atoms with van der Waals surface area (Å²) in [5.74, 6) is 1.29. The number of hydrogen-bond donors (Lipinski definition) is 2. The smallest absolute Gasteiger partial charge is 0.191 e. The zero-order valence-corrected chi connectivity index (χ0v) is 17.7. The Morgan fingerprint density at radius 2 is 1.97 bits per heavy atom. The zero-order chi connectivity index (χ0) is 20.8. The normalized spacial score (nSPS) is 20.1. The van der Waals surface area contributed by atoms with E-state index in [9.17, 15) is 9.18 Å². The number of Topliss-reactive ketones (excluding diaryl/α,β-unsaturated/α-hetero) is 1. The van der Waals surface area contributed by atoms with Crippen LogP contribution in [0.2, 0.25) is 0 Å². The van der Waals surface area contributed by atoms with Gasteiger partial charge in [-0.2, -0.15) is 0 Å². The molecule has 0 bridgehead atoms. The van der Waals surface area contributed by atoms with Crippen LogP contribution < -0.4 is 11.1 Å². The van der Waals surface area contributed by atoms with Gasteiger partial charge in [-0.25, -0.2) is 14.4 Å². The van der Waals surface area contributed by atoms with E-state index in [0.29, 0.717) is 34.3 Å². The van der Waals surface area contributed by atoms with Gasteiger partial charge in [0, 0.05) is 34.9 Å². The molecule has 1 aromatic carbocycles. The van der Waals surface area contributed by atoms with E-state index in [1.165, 1.54) is 12.1 Å². The summed E-state index contributed by atoms with van der Waals surface area (Å²) in [4.78, 5) is 22.4. The van der Waals surface area contributed by atoms with Gasteiger partial charge in [-0.05, 0) is 36.0 Å². The monoisotopic (exact) mass is 412 g/mol. The Hall–Kier alpha value is -2.41. The molecule has 0 fully saturated rings. The summed E-state index contributed by atoms with van der Waals surface area (Å²) >= 11 is 1.56. The van der Waals surface area contributed by atoms with Gasteiger partial charge in [-0.1, -0.05) is 44.7 Å². The summed E-state index contributed by atoms with van der Waals surface area (Å²) in [6.07, 6.45) is 2.22. The van der Waals surface area contributed by atoms with Crippen molar-refractivity contribution in [2.24, 2.45) is 5.41 Å². The highest BCUT2D eigenvalue weighted by atomic mass is 32.2. The van der Waals surface area contributed by atoms with Crippen molar-refractivity contribution in [3.63, 3.8) is 0 Å². The standard InChI is InChI=1S/C22H25FN4OS/c1-4-9-29-21-26-19(24)18-16(12-5-7-13(23)8-6-12)17-14(25-20(18)27-21)10-22(2,3)11-15(17)28/h5-8,16H,4,9-11H2,1-3H3,(H3,24,25,26,27)/t16-/m1/s1. The van der Waals surface area contributed by atoms with E-state index in [-0.39, 0.29) is 17.0 Å². The molecule has 1 aromatic heterocycles. The lowest BCUT2D eigenvalue weighted by Crippen LogP contribution is -2.34. The van der Waals surface area contributed by atoms with Gasteiger partial charge in [-0.15, -0.1) is 0 Å². The lowest BCUT2D eigenvalue weighted by Gasteiger charge is -2.39. The summed E-state index contributed by atoms with van der Waals surface area (Å²) in [6.45, 7) is 6.29. The maximum Gasteiger partial charge on any atom is 0.191 e. The molecular formula is C22H25FN4OS. The number of carbonyl (C=O) groups is 1. The van der Waals surface area contributed by atoms with Gasteiger partial charge in [0.05, 0.1) is 0 Å². The van der Waals surface area contributed by atoms with Crippen molar-refractivity contribution in [3.05, 3.63) is 52.5 Å². The number of nitrogens with zero attached hydrogens (tertiary/aromatic N) is 2. The fourth-order valence-electron chi connectivity index (χ4n) is 4.16. The molecule has 5 nitrogen and oxygen atoms in total. The number of rotatable bonds is 4. The Labute approximate surface area is 174 Å². The number of aromatic nitrogens is 2. The van der Waals surface area contributed by atoms with Crippen molar-refractivity contribution in [3.8, 4) is 0 Å². The molecule has 0 saturated heterocycles. The van der Waals surface area contributed by atoms with Crippen molar-refractivity contribution >= 4 is 29.2 Å². The first-order valence-corrected chi connectivity index (χ1v) is 10.9. The van der Waals surface area contributed by atoms with Gasteiger partial charge in [0.15, 0.2) is 10.9 Å². The van der Waals surface area contributed by atoms with Crippen molar-refractivity contribution in [1.29, 1.82) is 0 Å². The first-order chi connectivity index (χ1) is 13.8. The minimum absolute atomic E-state index is 0.0903. The molecule has 1 aliphatic heterocycles. The Morgan fingerprint density at radius 3 is 2.66 bits per heavy atom. The van der Waals surface area contributed by atoms with Crippen molar-refractivity contribution in [1.82, 2.24) is 9.97 Å². The highest BCUT2D eigenvalue weighted by molar-refractivity contribution is 7.99. The van der Waals surface area contributed by atoms with Crippen LogP contribution >= 0.6 is 11.8 Å². The minimum Gasteiger partial charge on any atom is -0.383 e. The van der Waals surface area contributed by atoms with Gasteiger partial charge in [0.1, 0.15) is 17.5 Å². The van der Waals surface area contributed by atoms with Crippen LogP contribution in [0.25, 0.3) is 0 Å². The van der Waals surface area contributed by atoms with Crippen LogP contribution in [0.5, 0.6) is 0 Å². The first-order valence-electron chi connectivity index (χ1n) is 9.88. The SMILES string of the molecule is CCCSc1nc(N)c2c(n1)NC1=C(C(=O)CC(C)(C)C1)[C@H]2c1ccc(F)cc1. The van der Waals surface area contributed by atoms with E-state index in [2.05, 4.69) is 31.1 Å². The minimum atomic E-state index is -0.393. The van der Waals surface area contributed by atoms with Gasteiger partial charge >= 0.3 is 0 Å². The number of allylic oxidation sites excluding steroid dienone is 2. The molecule has 3 N–H and O–H groups in total. The third kappa shape index (κ3) is 3.75. The molecule has 1 aliphatic carbocycles. The second kappa shape index (κ2) is 7.44. The number of fused-ring (bicyclic) bond motifs is 1. The average molecular weight is 413 g/mol. The fourth-order valence-corrected chi connectivity index (χ4v) is 4.87. The first kappa shape index (κ1) is 19.9. The number of nitrogens with one attached hydrogen (secondary N) is 1. The Morgan fingerprint density at radius 1 is 1.24 bits per heavy atom. The summed E-state index contributed by atoms with van der Waals surface area (Å²) in [6, 6.07) is 6.26. The van der Waals surface area contributed by atoms with E-state index >= 15 is 0 Å². The maximum atomic E-state index is 13.6. The average Bonchev–Trinajstić information content (AvgIpc) is 2.64. The third-order valence-electron chi connectivity index (χ3n) is 5.36. The van der Waals surface area contributed by atoms with Gasteiger partial charge in [-0.3, -0.25) is 4.79 Å². The number of benzene rings is 1. The molecule has 2 heterocycles. The Kier molecular flexibility index (Phi) is 5.11. The molecule has 0 saturated carbocycles. The molecule has 0 amide bonds. The molecule has 0 radical (unpaired) electrons. The lowest BCUT2D eigenvalue weighted by atomic mass is 9.69. The van der Waals surface area contributed by atoms with E-state index in [0.717, 1.165) is 29.9 Å². The number of thioether (sulfide) groups is 1. The zero-order valence-electron chi connectivity index (χ0n) is 16.9. The van der Waals surface area contributed by atoms with E-state index in [1.54, 1.807) is 23.9 Å². The summed E-state index contributed by atoms with van der Waals surface area (Å²) in [5, 5.41) is 4.02. The van der Waals surface area contributed by atoms with Crippen LogP contribution in [0.3, 0.4) is 0 Å². The number of anilines is 2. The van der Waals surface area contributed by atoms with Crippen LogP contribution in [0.15, 0.2) is 40.7 Å². The topological polar surface area (TPSA) is 80.9 Å². The van der Waals surface area contributed by atoms with E-state index in [1.807, 2.05) is 0 Å². The van der Waals surface area contributed by atoms with Crippen LogP contribution in [0, 0.1) is 11.2 Å². The molecule has 0 unspecified atom stereocenters. The molecule has 0 spiro atoms. The molecule has 152 valence electrons. The number of nitrogen functional groups attached to an aromatic ring is 1. The second-order valence-corrected chi connectivity index (χ2v) is 9.51. The van der Waals surface area contributed by atoms with E-state index < -0.39 is 5.92 Å². The quantitative estimate of drug-likeness (QED) is 0.549. The number of nitrogens with two attached hydrogens (primary N) is 1. The molecule has 1 atom stereocenters. The summed E-state index contributed by atoms with van der Waals surface area (Å²) in [5.41, 5.74) is 9.35. The van der Waals surface area contributed by atoms with Crippen LogP contribution in [0.4, 0.5) is 16.0 Å². The van der Waals surface area contributed by atoms with Crippen molar-refractivity contribution in [2.75, 3.05) is 16.8 Å². The highest BCUT2D eigenvalue weighted by Crippen LogP contribution is 2.50. The Bertz CT molecular complexity index is 1000. The number of hydrogen-bond acceptors (Lipinski definition) is 6. The molecule has 2 aliphatic rings. The van der Waals surface area contributed by atoms with Gasteiger partial charge < -0.3 is 11.1 Å². The third-order valence-corrected chi connectivity index (χ3v) is 6.41. The predicted molar refractivity (Wildman–Crippen MR) is 114 cm³/mol. The van der Waals surface area contributed by atoms with Crippen molar-refractivity contribution < 1.29 is 9.18 Å². The van der Waals surface area contributed by atoms with E-state index in [4.69, 9.17) is 10.7 Å². The van der Waals surface area contributed by atoms with Gasteiger partial charge in [0.2, 0.25) is 0 Å². The second-order valence-electron chi connectivity index (χ2n) is 8.44. The molecule has 29 heavy (non-hydrogen) atoms. The summed E-state index contributed by atoms with van der Waals surface area (Å²) in [7, 11) is 0. The predicted octanol–water partition coefficient (Wildman–Crippen LogP) is 4.90. The van der Waals surface area contributed by atoms with Gasteiger partial charge in [0.25, 0.3) is 0 Å². The largest absolute Gasteiger partial charge is 0.383 e. The lowest BCUT2D eigenvalue weighted by molar-refractivity contribution is -0.118. The van der Waals surface area contributed by atoms with Crippen LogP contribution in [-0.2, 0) is 4.79 Å². The molecule has 4 rings (SSSR count). The number of carbonyl (C=O) groups excluding carboxylic acids is 1. The number of ketones is 1. The molecule has 2 aromatic rings. The number of halogens is 1. The maximum absolute atomic E-state index is 13.6. The molecular weight excluding hydrogens is 387 g/mol. The fraction of sp³-hybridized carbons (Fsp3) is 0.409. The van der Waals surface area contributed by atoms with Crippen molar-refractivity contribution in [2.45, 2.75) is 51.1 Å².